The maximum atomic E-state index is 12.9. The fraction of sp³-hybridized carbons (Fsp3) is 0.263. The normalized spacial score (nSPS) is 14.6. The van der Waals surface area contributed by atoms with E-state index in [-0.39, 0.29) is 10.9 Å². The summed E-state index contributed by atoms with van der Waals surface area (Å²) in [5.41, 5.74) is 1.26. The van der Waals surface area contributed by atoms with Crippen LogP contribution in [0.3, 0.4) is 0 Å². The number of nitrogens with one attached hydrogen (secondary N) is 1. The van der Waals surface area contributed by atoms with Crippen molar-refractivity contribution in [1.82, 2.24) is 14.7 Å². The van der Waals surface area contributed by atoms with Crippen LogP contribution in [0.25, 0.3) is 5.52 Å². The number of hydrogen-bond donors (Lipinski definition) is 1. The number of fused-ring (bicyclic) bond motifs is 2. The van der Waals surface area contributed by atoms with E-state index in [1.54, 1.807) is 30.5 Å². The number of rotatable bonds is 4. The van der Waals surface area contributed by atoms with Crippen molar-refractivity contribution in [3.05, 3.63) is 52.3 Å². The molecule has 1 aliphatic heterocycles. The number of ether oxygens (including phenoxy) is 2. The Kier molecular flexibility index (Phi) is 4.99. The predicted molar refractivity (Wildman–Crippen MR) is 109 cm³/mol. The third-order valence-corrected chi connectivity index (χ3v) is 6.18. The first-order chi connectivity index (χ1) is 13.8. The summed E-state index contributed by atoms with van der Waals surface area (Å²) in [6.07, 6.45) is 2.63. The van der Waals surface area contributed by atoms with Crippen LogP contribution in [0.4, 0.5) is 0 Å². The van der Waals surface area contributed by atoms with E-state index in [1.165, 1.54) is 4.40 Å². The fourth-order valence-electron chi connectivity index (χ4n) is 3.19. The quantitative estimate of drug-likeness (QED) is 0.617. The second-order valence-electron chi connectivity index (χ2n) is 6.68. The molecule has 1 N–H and O–H groups in total. The Bertz CT molecular complexity index is 1220. The van der Waals surface area contributed by atoms with Crippen LogP contribution in [0, 0.1) is 0 Å². The van der Waals surface area contributed by atoms with Gasteiger partial charge in [0.15, 0.2) is 17.2 Å². The Morgan fingerprint density at radius 2 is 1.93 bits per heavy atom. The highest BCUT2D eigenvalue weighted by atomic mass is 79.9. The van der Waals surface area contributed by atoms with Crippen molar-refractivity contribution in [2.45, 2.75) is 18.1 Å². The maximum Gasteiger partial charge on any atom is 0.272 e. The van der Waals surface area contributed by atoms with Gasteiger partial charge in [-0.15, -0.1) is 0 Å². The molecule has 0 bridgehead atoms. The lowest BCUT2D eigenvalue weighted by molar-refractivity contribution is 0.0936. The number of hydrogen-bond acceptors (Lipinski definition) is 6. The van der Waals surface area contributed by atoms with Crippen molar-refractivity contribution in [3.8, 4) is 11.5 Å². The minimum Gasteiger partial charge on any atom is -0.486 e. The zero-order chi connectivity index (χ0) is 20.8. The van der Waals surface area contributed by atoms with E-state index in [1.807, 2.05) is 13.0 Å². The molecule has 0 spiro atoms. The van der Waals surface area contributed by atoms with Gasteiger partial charge in [-0.1, -0.05) is 22.0 Å². The summed E-state index contributed by atoms with van der Waals surface area (Å²) in [5.74, 6) is 0.781. The number of carbonyl (C=O) groups excluding carboxylic acids is 1. The zero-order valence-electron chi connectivity index (χ0n) is 15.7. The van der Waals surface area contributed by atoms with E-state index in [2.05, 4.69) is 26.2 Å². The van der Waals surface area contributed by atoms with Crippen LogP contribution in [0.2, 0.25) is 0 Å². The Morgan fingerprint density at radius 1 is 1.24 bits per heavy atom. The van der Waals surface area contributed by atoms with Crippen LogP contribution < -0.4 is 14.8 Å². The number of pyridine rings is 1. The highest BCUT2D eigenvalue weighted by molar-refractivity contribution is 9.10. The molecule has 0 saturated carbocycles. The molecule has 10 heteroatoms. The molecule has 152 valence electrons. The van der Waals surface area contributed by atoms with Crippen molar-refractivity contribution in [3.63, 3.8) is 0 Å². The van der Waals surface area contributed by atoms with Crippen LogP contribution in [0.15, 0.2) is 46.2 Å². The molecule has 29 heavy (non-hydrogen) atoms. The standard InChI is InChI=1S/C19H18BrN3O5S/c1-11(12-9-15-16(10-13(12)20)28-8-7-27-15)21-18(24)17-14-5-3-4-6-23(14)19(22-17)29(2,25)26/h3-6,9-11H,7-8H2,1-2H3,(H,21,24). The number of nitrogens with zero attached hydrogens (tertiary/aromatic N) is 2. The summed E-state index contributed by atoms with van der Waals surface area (Å²) < 4.78 is 37.5. The van der Waals surface area contributed by atoms with Crippen molar-refractivity contribution in [2.75, 3.05) is 19.5 Å². The number of carbonyl (C=O) groups is 1. The van der Waals surface area contributed by atoms with E-state index in [4.69, 9.17) is 9.47 Å². The van der Waals surface area contributed by atoms with Gasteiger partial charge in [0.2, 0.25) is 15.0 Å². The van der Waals surface area contributed by atoms with Gasteiger partial charge in [-0.2, -0.15) is 0 Å². The van der Waals surface area contributed by atoms with E-state index in [9.17, 15) is 13.2 Å². The van der Waals surface area contributed by atoms with E-state index < -0.39 is 21.8 Å². The van der Waals surface area contributed by atoms with Crippen LogP contribution in [0.1, 0.15) is 29.0 Å². The third-order valence-electron chi connectivity index (χ3n) is 4.54. The molecule has 1 atom stereocenters. The molecule has 1 unspecified atom stereocenters. The van der Waals surface area contributed by atoms with Crippen molar-refractivity contribution in [1.29, 1.82) is 0 Å². The van der Waals surface area contributed by atoms with Gasteiger partial charge in [0.1, 0.15) is 13.2 Å². The van der Waals surface area contributed by atoms with Gasteiger partial charge in [0, 0.05) is 16.9 Å². The highest BCUT2D eigenvalue weighted by Gasteiger charge is 2.25. The first-order valence-electron chi connectivity index (χ1n) is 8.83. The summed E-state index contributed by atoms with van der Waals surface area (Å²) in [4.78, 5) is 17.0. The van der Waals surface area contributed by atoms with Crippen LogP contribution in [-0.2, 0) is 9.84 Å². The molecular formula is C19H18BrN3O5S. The molecule has 2 aromatic heterocycles. The average molecular weight is 480 g/mol. The van der Waals surface area contributed by atoms with Crippen LogP contribution in [-0.4, -0.2) is 43.2 Å². The summed E-state index contributed by atoms with van der Waals surface area (Å²) >= 11 is 3.51. The SMILES string of the molecule is CC(NC(=O)c1nc(S(C)(=O)=O)n2ccccc12)c1cc2c(cc1Br)OCCO2. The van der Waals surface area contributed by atoms with Crippen LogP contribution >= 0.6 is 15.9 Å². The topological polar surface area (TPSA) is 99.0 Å². The molecule has 0 fully saturated rings. The summed E-state index contributed by atoms with van der Waals surface area (Å²) in [6.45, 7) is 2.77. The van der Waals surface area contributed by atoms with Crippen molar-refractivity contribution in [2.24, 2.45) is 0 Å². The van der Waals surface area contributed by atoms with E-state index >= 15 is 0 Å². The second-order valence-corrected chi connectivity index (χ2v) is 9.45. The number of benzene rings is 1. The monoisotopic (exact) mass is 479 g/mol. The molecule has 0 saturated heterocycles. The van der Waals surface area contributed by atoms with Gasteiger partial charge in [-0.05, 0) is 36.8 Å². The van der Waals surface area contributed by atoms with E-state index in [0.29, 0.717) is 30.2 Å². The fourth-order valence-corrected chi connectivity index (χ4v) is 4.63. The van der Waals surface area contributed by atoms with Gasteiger partial charge >= 0.3 is 0 Å². The lowest BCUT2D eigenvalue weighted by Crippen LogP contribution is -2.27. The first kappa shape index (κ1) is 19.7. The predicted octanol–water partition coefficient (Wildman–Crippen LogP) is 2.76. The molecule has 3 heterocycles. The maximum absolute atomic E-state index is 12.9. The molecular weight excluding hydrogens is 462 g/mol. The van der Waals surface area contributed by atoms with Crippen molar-refractivity contribution >= 4 is 37.2 Å². The minimum atomic E-state index is -3.61. The van der Waals surface area contributed by atoms with Gasteiger partial charge in [0.05, 0.1) is 11.6 Å². The smallest absolute Gasteiger partial charge is 0.272 e. The Labute approximate surface area is 175 Å². The molecule has 3 aromatic rings. The summed E-state index contributed by atoms with van der Waals surface area (Å²) in [7, 11) is -3.61. The number of aromatic nitrogens is 2. The molecule has 0 aliphatic carbocycles. The lowest BCUT2D eigenvalue weighted by Gasteiger charge is -2.22. The number of halogens is 1. The largest absolute Gasteiger partial charge is 0.486 e. The first-order valence-corrected chi connectivity index (χ1v) is 11.5. The van der Waals surface area contributed by atoms with Gasteiger partial charge in [-0.3, -0.25) is 9.20 Å². The Balaban J connectivity index is 1.67. The molecule has 0 radical (unpaired) electrons. The van der Waals surface area contributed by atoms with Crippen LogP contribution in [0.5, 0.6) is 11.5 Å². The molecule has 1 amide bonds. The minimum absolute atomic E-state index is 0.0477. The second kappa shape index (κ2) is 7.34. The lowest BCUT2D eigenvalue weighted by atomic mass is 10.1. The number of amides is 1. The molecule has 4 rings (SSSR count). The third kappa shape index (κ3) is 3.69. The van der Waals surface area contributed by atoms with Gasteiger partial charge in [-0.25, -0.2) is 13.4 Å². The summed E-state index contributed by atoms with van der Waals surface area (Å²) in [5, 5.41) is 2.71. The van der Waals surface area contributed by atoms with Crippen molar-refractivity contribution < 1.29 is 22.7 Å². The number of imidazole rings is 1. The average Bonchev–Trinajstić information content (AvgIpc) is 3.07. The number of sulfone groups is 1. The molecule has 8 nitrogen and oxygen atoms in total. The highest BCUT2D eigenvalue weighted by Crippen LogP contribution is 2.37. The van der Waals surface area contributed by atoms with Gasteiger partial charge < -0.3 is 14.8 Å². The Morgan fingerprint density at radius 3 is 2.62 bits per heavy atom. The zero-order valence-corrected chi connectivity index (χ0v) is 18.1. The Hall–Kier alpha value is -2.59. The van der Waals surface area contributed by atoms with E-state index in [0.717, 1.165) is 16.3 Å². The molecule has 1 aromatic carbocycles. The molecule has 1 aliphatic rings. The summed E-state index contributed by atoms with van der Waals surface area (Å²) in [6, 6.07) is 8.29. The van der Waals surface area contributed by atoms with Gasteiger partial charge in [0.25, 0.3) is 5.91 Å².